The van der Waals surface area contributed by atoms with Crippen molar-refractivity contribution in [2.75, 3.05) is 38.0 Å². The number of para-hydroxylation sites is 1. The molecule has 0 unspecified atom stereocenters. The highest BCUT2D eigenvalue weighted by Gasteiger charge is 2.23. The fourth-order valence-electron chi connectivity index (χ4n) is 3.74. The van der Waals surface area contributed by atoms with E-state index in [1.165, 1.54) is 29.2 Å². The van der Waals surface area contributed by atoms with Crippen LogP contribution in [0.2, 0.25) is 0 Å². The normalized spacial score (nSPS) is 13.9. The fourth-order valence-corrected chi connectivity index (χ4v) is 4.44. The Bertz CT molecular complexity index is 1120. The number of anilines is 1. The molecular weight excluding hydrogens is 428 g/mol. The van der Waals surface area contributed by atoms with Crippen LogP contribution in [0, 0.1) is 0 Å². The van der Waals surface area contributed by atoms with Gasteiger partial charge in [-0.15, -0.1) is 11.3 Å². The summed E-state index contributed by atoms with van der Waals surface area (Å²) in [4.78, 5) is 47.1. The Morgan fingerprint density at radius 3 is 2.66 bits per heavy atom. The van der Waals surface area contributed by atoms with E-state index in [2.05, 4.69) is 26.7 Å². The number of piperazine rings is 1. The van der Waals surface area contributed by atoms with Crippen molar-refractivity contribution in [3.05, 3.63) is 47.1 Å². The summed E-state index contributed by atoms with van der Waals surface area (Å²) in [5.41, 5.74) is 2.88. The van der Waals surface area contributed by atoms with E-state index in [0.29, 0.717) is 43.5 Å². The van der Waals surface area contributed by atoms with Gasteiger partial charge in [-0.05, 0) is 18.1 Å². The van der Waals surface area contributed by atoms with Gasteiger partial charge in [-0.25, -0.2) is 9.78 Å². The number of rotatable bonds is 6. The molecule has 0 atom stereocenters. The van der Waals surface area contributed by atoms with Crippen molar-refractivity contribution in [2.24, 2.45) is 0 Å². The molecule has 1 saturated heterocycles. The van der Waals surface area contributed by atoms with E-state index in [9.17, 15) is 14.4 Å². The van der Waals surface area contributed by atoms with Crippen LogP contribution in [0.3, 0.4) is 0 Å². The van der Waals surface area contributed by atoms with Gasteiger partial charge in [0.1, 0.15) is 0 Å². The number of nitrogens with zero attached hydrogens (tertiary/aromatic N) is 3. The standard InChI is InChI=1S/C22H26N6O3S/c1-15(29)27-8-10-28(11-9-27)22(31)26-21-25-17(14-32-21)12-20(30)23-7-6-16-13-24-19-5-3-2-4-18(16)19/h2-5,13-14,24H,6-12H2,1H3,(H,23,30)(H,25,26,31). The van der Waals surface area contributed by atoms with Gasteiger partial charge < -0.3 is 20.1 Å². The molecule has 0 radical (unpaired) electrons. The second-order valence-electron chi connectivity index (χ2n) is 7.70. The van der Waals surface area contributed by atoms with Crippen LogP contribution in [0.15, 0.2) is 35.8 Å². The number of carbonyl (C=O) groups is 3. The third kappa shape index (κ3) is 5.25. The largest absolute Gasteiger partial charge is 0.361 e. The molecule has 0 spiro atoms. The summed E-state index contributed by atoms with van der Waals surface area (Å²) in [6.45, 7) is 4.12. The third-order valence-corrected chi connectivity index (χ3v) is 6.32. The molecule has 4 rings (SSSR count). The number of urea groups is 1. The van der Waals surface area contributed by atoms with Gasteiger partial charge in [0.15, 0.2) is 5.13 Å². The van der Waals surface area contributed by atoms with E-state index in [1.54, 1.807) is 15.2 Å². The van der Waals surface area contributed by atoms with Crippen LogP contribution in [-0.4, -0.2) is 70.3 Å². The first-order valence-corrected chi connectivity index (χ1v) is 11.4. The number of aromatic amines is 1. The van der Waals surface area contributed by atoms with Gasteiger partial charge in [-0.1, -0.05) is 18.2 Å². The van der Waals surface area contributed by atoms with Crippen molar-refractivity contribution in [3.63, 3.8) is 0 Å². The minimum atomic E-state index is -0.239. The molecule has 0 bridgehead atoms. The van der Waals surface area contributed by atoms with Crippen molar-refractivity contribution in [3.8, 4) is 0 Å². The number of carbonyl (C=O) groups excluding carboxylic acids is 3. The first-order chi connectivity index (χ1) is 15.5. The SMILES string of the molecule is CC(=O)N1CCN(C(=O)Nc2nc(CC(=O)NCCc3c[nH]c4ccccc34)cs2)CC1. The molecule has 1 aromatic carbocycles. The predicted octanol–water partition coefficient (Wildman–Crippen LogP) is 2.22. The Kier molecular flexibility index (Phi) is 6.69. The summed E-state index contributed by atoms with van der Waals surface area (Å²) >= 11 is 1.29. The molecule has 3 heterocycles. The highest BCUT2D eigenvalue weighted by atomic mass is 32.1. The second kappa shape index (κ2) is 9.82. The van der Waals surface area contributed by atoms with E-state index < -0.39 is 0 Å². The van der Waals surface area contributed by atoms with Gasteiger partial charge in [-0.2, -0.15) is 0 Å². The van der Waals surface area contributed by atoms with Crippen molar-refractivity contribution >= 4 is 45.2 Å². The van der Waals surface area contributed by atoms with Gasteiger partial charge in [0.05, 0.1) is 12.1 Å². The molecule has 168 valence electrons. The van der Waals surface area contributed by atoms with Crippen molar-refractivity contribution in [1.82, 2.24) is 25.1 Å². The number of fused-ring (bicyclic) bond motifs is 1. The van der Waals surface area contributed by atoms with Crippen LogP contribution in [0.5, 0.6) is 0 Å². The first kappa shape index (κ1) is 21.8. The minimum Gasteiger partial charge on any atom is -0.361 e. The maximum Gasteiger partial charge on any atom is 0.323 e. The highest BCUT2D eigenvalue weighted by molar-refractivity contribution is 7.13. The van der Waals surface area contributed by atoms with Gasteiger partial charge in [-0.3, -0.25) is 14.9 Å². The smallest absolute Gasteiger partial charge is 0.323 e. The molecule has 2 aromatic heterocycles. The third-order valence-electron chi connectivity index (χ3n) is 5.51. The number of nitrogens with one attached hydrogen (secondary N) is 3. The zero-order chi connectivity index (χ0) is 22.5. The lowest BCUT2D eigenvalue weighted by molar-refractivity contribution is -0.130. The molecule has 10 heteroatoms. The lowest BCUT2D eigenvalue weighted by Crippen LogP contribution is -2.51. The summed E-state index contributed by atoms with van der Waals surface area (Å²) < 4.78 is 0. The molecule has 0 saturated carbocycles. The van der Waals surface area contributed by atoms with E-state index in [-0.39, 0.29) is 24.3 Å². The number of aromatic nitrogens is 2. The van der Waals surface area contributed by atoms with Crippen LogP contribution in [-0.2, 0) is 22.4 Å². The molecule has 1 aliphatic heterocycles. The van der Waals surface area contributed by atoms with E-state index in [4.69, 9.17) is 0 Å². The first-order valence-electron chi connectivity index (χ1n) is 10.6. The fraction of sp³-hybridized carbons (Fsp3) is 0.364. The lowest BCUT2D eigenvalue weighted by Gasteiger charge is -2.33. The molecule has 3 N–H and O–H groups in total. The van der Waals surface area contributed by atoms with Crippen molar-refractivity contribution in [2.45, 2.75) is 19.8 Å². The summed E-state index contributed by atoms with van der Waals surface area (Å²) in [6.07, 6.45) is 2.88. The molecule has 0 aliphatic carbocycles. The van der Waals surface area contributed by atoms with E-state index in [1.807, 2.05) is 24.4 Å². The average molecular weight is 455 g/mol. The summed E-state index contributed by atoms with van der Waals surface area (Å²) in [5.74, 6) is -0.0808. The van der Waals surface area contributed by atoms with Crippen LogP contribution in [0.25, 0.3) is 10.9 Å². The molecule has 3 aromatic rings. The number of amides is 4. The van der Waals surface area contributed by atoms with Crippen LogP contribution >= 0.6 is 11.3 Å². The quantitative estimate of drug-likeness (QED) is 0.530. The summed E-state index contributed by atoms with van der Waals surface area (Å²) in [5, 5.41) is 9.13. The zero-order valence-corrected chi connectivity index (χ0v) is 18.7. The monoisotopic (exact) mass is 454 g/mol. The Morgan fingerprint density at radius 1 is 1.12 bits per heavy atom. The van der Waals surface area contributed by atoms with Gasteiger partial charge >= 0.3 is 6.03 Å². The number of H-pyrrole nitrogens is 1. The molecule has 32 heavy (non-hydrogen) atoms. The maximum absolute atomic E-state index is 12.4. The maximum atomic E-state index is 12.4. The minimum absolute atomic E-state index is 0.0225. The number of thiazole rings is 1. The lowest BCUT2D eigenvalue weighted by atomic mass is 10.1. The molecule has 1 fully saturated rings. The topological polar surface area (TPSA) is 110 Å². The Morgan fingerprint density at radius 2 is 1.88 bits per heavy atom. The van der Waals surface area contributed by atoms with Crippen LogP contribution in [0.4, 0.5) is 9.93 Å². The molecule has 1 aliphatic rings. The average Bonchev–Trinajstić information content (AvgIpc) is 3.40. The second-order valence-corrected chi connectivity index (χ2v) is 8.56. The predicted molar refractivity (Wildman–Crippen MR) is 124 cm³/mol. The Hall–Kier alpha value is -3.40. The molecule has 4 amide bonds. The Labute approximate surface area is 189 Å². The summed E-state index contributed by atoms with van der Waals surface area (Å²) in [7, 11) is 0. The van der Waals surface area contributed by atoms with Crippen molar-refractivity contribution < 1.29 is 14.4 Å². The number of hydrogen-bond donors (Lipinski definition) is 3. The van der Waals surface area contributed by atoms with E-state index in [0.717, 1.165) is 11.9 Å². The van der Waals surface area contributed by atoms with Crippen LogP contribution in [0.1, 0.15) is 18.2 Å². The zero-order valence-electron chi connectivity index (χ0n) is 17.9. The van der Waals surface area contributed by atoms with Crippen molar-refractivity contribution in [1.29, 1.82) is 0 Å². The Balaban J connectivity index is 1.21. The van der Waals surface area contributed by atoms with E-state index >= 15 is 0 Å². The van der Waals surface area contributed by atoms with Gasteiger partial charge in [0, 0.05) is 62.1 Å². The van der Waals surface area contributed by atoms with Crippen LogP contribution < -0.4 is 10.6 Å². The summed E-state index contributed by atoms with van der Waals surface area (Å²) in [6, 6.07) is 7.85. The number of hydrogen-bond acceptors (Lipinski definition) is 5. The van der Waals surface area contributed by atoms with Gasteiger partial charge in [0.25, 0.3) is 0 Å². The molecular formula is C22H26N6O3S. The number of benzene rings is 1. The highest BCUT2D eigenvalue weighted by Crippen LogP contribution is 2.18. The molecule has 9 nitrogen and oxygen atoms in total. The van der Waals surface area contributed by atoms with Gasteiger partial charge in [0.2, 0.25) is 11.8 Å².